The summed E-state index contributed by atoms with van der Waals surface area (Å²) in [6.07, 6.45) is 4.38. The summed E-state index contributed by atoms with van der Waals surface area (Å²) in [6.45, 7) is 0. The number of hydrogen-bond acceptors (Lipinski definition) is 3. The van der Waals surface area contributed by atoms with Crippen molar-refractivity contribution in [1.82, 2.24) is 5.32 Å². The van der Waals surface area contributed by atoms with Gasteiger partial charge < -0.3 is 16.3 Å². The monoisotopic (exact) mass is 465 g/mol. The molecule has 0 aliphatic heterocycles. The van der Waals surface area contributed by atoms with E-state index in [9.17, 15) is 4.79 Å². The Bertz CT molecular complexity index is 571. The molecular weight excluding hydrogens is 449 g/mol. The lowest BCUT2D eigenvalue weighted by molar-refractivity contribution is 0.0905. The van der Waals surface area contributed by atoms with Crippen LogP contribution in [-0.4, -0.2) is 22.5 Å². The number of carbonyl (C=O) groups is 1. The molecule has 0 radical (unpaired) electrons. The standard InChI is InChI=1S/C14H17BrIN3O2/c15-11-5-4-9(16)8-10(11)12(20)18-14(13(17)19-21)6-2-1-3-7-14/h4-5,8,21H,1-3,6-7H2,(H2,17,19)(H,18,20). The van der Waals surface area contributed by atoms with E-state index in [2.05, 4.69) is 49.0 Å². The van der Waals surface area contributed by atoms with E-state index in [-0.39, 0.29) is 11.7 Å². The average molecular weight is 466 g/mol. The number of rotatable bonds is 3. The predicted octanol–water partition coefficient (Wildman–Crippen LogP) is 3.23. The summed E-state index contributed by atoms with van der Waals surface area (Å²) < 4.78 is 1.70. The molecule has 0 atom stereocenters. The van der Waals surface area contributed by atoms with E-state index in [0.29, 0.717) is 18.4 Å². The van der Waals surface area contributed by atoms with Crippen LogP contribution in [0.5, 0.6) is 0 Å². The first-order chi connectivity index (χ1) is 9.98. The Morgan fingerprint density at radius 3 is 2.67 bits per heavy atom. The van der Waals surface area contributed by atoms with Gasteiger partial charge in [0.2, 0.25) is 0 Å². The van der Waals surface area contributed by atoms with Crippen LogP contribution in [-0.2, 0) is 0 Å². The molecule has 2 rings (SSSR count). The summed E-state index contributed by atoms with van der Waals surface area (Å²) >= 11 is 5.55. The molecule has 114 valence electrons. The number of amidine groups is 1. The number of nitrogens with one attached hydrogen (secondary N) is 1. The molecule has 0 heterocycles. The first-order valence-electron chi connectivity index (χ1n) is 6.74. The smallest absolute Gasteiger partial charge is 0.253 e. The zero-order valence-electron chi connectivity index (χ0n) is 11.4. The summed E-state index contributed by atoms with van der Waals surface area (Å²) in [5.41, 5.74) is 5.66. The summed E-state index contributed by atoms with van der Waals surface area (Å²) in [7, 11) is 0. The maximum Gasteiger partial charge on any atom is 0.253 e. The van der Waals surface area contributed by atoms with Gasteiger partial charge in [-0.2, -0.15) is 0 Å². The third kappa shape index (κ3) is 3.68. The molecule has 1 aromatic carbocycles. The molecule has 1 saturated carbocycles. The van der Waals surface area contributed by atoms with E-state index in [0.717, 1.165) is 27.3 Å². The zero-order chi connectivity index (χ0) is 15.5. The van der Waals surface area contributed by atoms with Crippen LogP contribution in [0.4, 0.5) is 0 Å². The number of nitrogens with two attached hydrogens (primary N) is 1. The predicted molar refractivity (Wildman–Crippen MR) is 93.6 cm³/mol. The Balaban J connectivity index is 2.28. The third-order valence-corrected chi connectivity index (χ3v) is 5.19. The zero-order valence-corrected chi connectivity index (χ0v) is 15.1. The van der Waals surface area contributed by atoms with E-state index >= 15 is 0 Å². The van der Waals surface area contributed by atoms with Crippen LogP contribution in [0.1, 0.15) is 42.5 Å². The number of nitrogens with zero attached hydrogens (tertiary/aromatic N) is 1. The fraction of sp³-hybridized carbons (Fsp3) is 0.429. The number of halogens is 2. The minimum Gasteiger partial charge on any atom is -0.409 e. The SMILES string of the molecule is N/C(=N/O)C1(NC(=O)c2cc(I)ccc2Br)CCCCC1. The molecule has 1 fully saturated rings. The van der Waals surface area contributed by atoms with Gasteiger partial charge in [0.1, 0.15) is 5.54 Å². The van der Waals surface area contributed by atoms with Gasteiger partial charge in [-0.1, -0.05) is 24.4 Å². The second-order valence-electron chi connectivity index (χ2n) is 5.21. The van der Waals surface area contributed by atoms with Gasteiger partial charge in [0, 0.05) is 8.04 Å². The minimum atomic E-state index is -0.745. The number of benzene rings is 1. The van der Waals surface area contributed by atoms with Crippen LogP contribution in [0.3, 0.4) is 0 Å². The molecule has 1 amide bonds. The molecule has 5 nitrogen and oxygen atoms in total. The molecule has 7 heteroatoms. The topological polar surface area (TPSA) is 87.7 Å². The average Bonchev–Trinajstić information content (AvgIpc) is 2.49. The highest BCUT2D eigenvalue weighted by molar-refractivity contribution is 14.1. The van der Waals surface area contributed by atoms with E-state index in [4.69, 9.17) is 10.9 Å². The summed E-state index contributed by atoms with van der Waals surface area (Å²) in [5, 5.41) is 15.2. The number of oxime groups is 1. The van der Waals surface area contributed by atoms with Crippen LogP contribution in [0.25, 0.3) is 0 Å². The normalized spacial score (nSPS) is 18.3. The highest BCUT2D eigenvalue weighted by atomic mass is 127. The first-order valence-corrected chi connectivity index (χ1v) is 8.61. The van der Waals surface area contributed by atoms with Gasteiger partial charge in [-0.15, -0.1) is 0 Å². The van der Waals surface area contributed by atoms with Gasteiger partial charge in [0.15, 0.2) is 5.84 Å². The van der Waals surface area contributed by atoms with Crippen molar-refractivity contribution in [3.8, 4) is 0 Å². The van der Waals surface area contributed by atoms with Crippen molar-refractivity contribution >= 4 is 50.3 Å². The lowest BCUT2D eigenvalue weighted by Crippen LogP contribution is -2.58. The summed E-state index contributed by atoms with van der Waals surface area (Å²) in [5.74, 6) is -0.133. The van der Waals surface area contributed by atoms with Crippen molar-refractivity contribution in [1.29, 1.82) is 0 Å². The largest absolute Gasteiger partial charge is 0.409 e. The molecule has 4 N–H and O–H groups in total. The van der Waals surface area contributed by atoms with Crippen LogP contribution < -0.4 is 11.1 Å². The van der Waals surface area contributed by atoms with Crippen molar-refractivity contribution < 1.29 is 10.0 Å². The van der Waals surface area contributed by atoms with Crippen LogP contribution in [0, 0.1) is 3.57 Å². The lowest BCUT2D eigenvalue weighted by Gasteiger charge is -2.36. The van der Waals surface area contributed by atoms with Gasteiger partial charge in [-0.05, 0) is 69.6 Å². The Morgan fingerprint density at radius 1 is 1.38 bits per heavy atom. The Hall–Kier alpha value is -0.830. The molecular formula is C14H17BrIN3O2. The van der Waals surface area contributed by atoms with Gasteiger partial charge in [0.25, 0.3) is 5.91 Å². The molecule has 0 unspecified atom stereocenters. The Labute approximate surface area is 145 Å². The molecule has 1 aliphatic rings. The molecule has 1 aliphatic carbocycles. The quantitative estimate of drug-likeness (QED) is 0.210. The highest BCUT2D eigenvalue weighted by Gasteiger charge is 2.38. The van der Waals surface area contributed by atoms with E-state index < -0.39 is 5.54 Å². The van der Waals surface area contributed by atoms with Crippen LogP contribution in [0.15, 0.2) is 27.8 Å². The molecule has 1 aromatic rings. The highest BCUT2D eigenvalue weighted by Crippen LogP contribution is 2.29. The molecule has 21 heavy (non-hydrogen) atoms. The second-order valence-corrected chi connectivity index (χ2v) is 7.31. The molecule has 0 aromatic heterocycles. The molecule has 0 saturated heterocycles. The van der Waals surface area contributed by atoms with Gasteiger partial charge in [-0.3, -0.25) is 4.79 Å². The minimum absolute atomic E-state index is 0.0808. The second kappa shape index (κ2) is 6.95. The van der Waals surface area contributed by atoms with Gasteiger partial charge in [-0.25, -0.2) is 0 Å². The van der Waals surface area contributed by atoms with E-state index in [1.165, 1.54) is 0 Å². The first kappa shape index (κ1) is 16.5. The van der Waals surface area contributed by atoms with Crippen molar-refractivity contribution in [3.05, 3.63) is 31.8 Å². The maximum absolute atomic E-state index is 12.6. The lowest BCUT2D eigenvalue weighted by atomic mass is 9.80. The van der Waals surface area contributed by atoms with Gasteiger partial charge in [0.05, 0.1) is 5.56 Å². The van der Waals surface area contributed by atoms with Crippen molar-refractivity contribution in [3.63, 3.8) is 0 Å². The van der Waals surface area contributed by atoms with E-state index in [1.54, 1.807) is 0 Å². The van der Waals surface area contributed by atoms with Crippen molar-refractivity contribution in [2.24, 2.45) is 10.9 Å². The number of carbonyl (C=O) groups excluding carboxylic acids is 1. The fourth-order valence-corrected chi connectivity index (χ4v) is 3.57. The summed E-state index contributed by atoms with van der Waals surface area (Å²) in [6, 6.07) is 5.57. The van der Waals surface area contributed by atoms with Crippen molar-refractivity contribution in [2.45, 2.75) is 37.6 Å². The Morgan fingerprint density at radius 2 is 2.05 bits per heavy atom. The van der Waals surface area contributed by atoms with Crippen LogP contribution in [0.2, 0.25) is 0 Å². The van der Waals surface area contributed by atoms with E-state index in [1.807, 2.05) is 18.2 Å². The number of hydrogen-bond donors (Lipinski definition) is 3. The Kier molecular flexibility index (Phi) is 5.48. The molecule has 0 spiro atoms. The number of amides is 1. The van der Waals surface area contributed by atoms with Gasteiger partial charge >= 0.3 is 0 Å². The van der Waals surface area contributed by atoms with Crippen LogP contribution >= 0.6 is 38.5 Å². The third-order valence-electron chi connectivity index (χ3n) is 3.83. The molecule has 0 bridgehead atoms. The van der Waals surface area contributed by atoms with Crippen molar-refractivity contribution in [2.75, 3.05) is 0 Å². The fourth-order valence-electron chi connectivity index (χ4n) is 2.65. The maximum atomic E-state index is 12.6. The summed E-state index contributed by atoms with van der Waals surface area (Å²) in [4.78, 5) is 12.6.